The number of carboxylic acids is 1. The number of carboxylic acid groups (broad SMARTS) is 1. The number of aromatic carboxylic acids is 1. The Morgan fingerprint density at radius 3 is 2.71 bits per heavy atom. The zero-order valence-electron chi connectivity index (χ0n) is 9.47. The molecule has 1 heterocycles. The number of hydrogen-bond acceptors (Lipinski definition) is 2. The summed E-state index contributed by atoms with van der Waals surface area (Å²) in [5, 5.41) is 19.4. The Balaban J connectivity index is 2.41. The van der Waals surface area contributed by atoms with Crippen molar-refractivity contribution in [3.63, 3.8) is 0 Å². The predicted molar refractivity (Wildman–Crippen MR) is 63.6 cm³/mol. The third-order valence-corrected chi connectivity index (χ3v) is 3.36. The highest BCUT2D eigenvalue weighted by Crippen LogP contribution is 2.41. The molecule has 0 bridgehead atoms. The average Bonchev–Trinajstić information content (AvgIpc) is 3.02. The lowest BCUT2D eigenvalue weighted by Gasteiger charge is -2.05. The third kappa shape index (κ3) is 1.40. The predicted octanol–water partition coefficient (Wildman–Crippen LogP) is 2.69. The van der Waals surface area contributed by atoms with E-state index in [1.54, 1.807) is 12.1 Å². The van der Waals surface area contributed by atoms with Crippen molar-refractivity contribution in [2.75, 3.05) is 0 Å². The molecule has 1 fully saturated rings. The van der Waals surface area contributed by atoms with Crippen molar-refractivity contribution in [3.05, 3.63) is 29.5 Å². The third-order valence-electron chi connectivity index (χ3n) is 3.36. The number of nitrogens with zero attached hydrogens (tertiary/aromatic N) is 1. The molecule has 2 N–H and O–H groups in total. The van der Waals surface area contributed by atoms with Gasteiger partial charge >= 0.3 is 5.97 Å². The summed E-state index contributed by atoms with van der Waals surface area (Å²) in [6.45, 7) is 1.83. The van der Waals surface area contributed by atoms with Gasteiger partial charge in [0.05, 0.1) is 5.56 Å². The number of fused-ring (bicyclic) bond motifs is 1. The number of benzene rings is 1. The van der Waals surface area contributed by atoms with Crippen LogP contribution in [0, 0.1) is 6.92 Å². The Morgan fingerprint density at radius 2 is 2.12 bits per heavy atom. The van der Waals surface area contributed by atoms with Crippen LogP contribution in [0.1, 0.15) is 34.9 Å². The van der Waals surface area contributed by atoms with Gasteiger partial charge in [-0.2, -0.15) is 0 Å². The molecule has 4 heteroatoms. The molecule has 0 saturated heterocycles. The Kier molecular flexibility index (Phi) is 1.96. The maximum absolute atomic E-state index is 11.3. The van der Waals surface area contributed by atoms with E-state index in [9.17, 15) is 15.0 Å². The smallest absolute Gasteiger partial charge is 0.338 e. The Hall–Kier alpha value is -1.97. The zero-order chi connectivity index (χ0) is 12.2. The maximum atomic E-state index is 11.3. The molecule has 0 unspecified atom stereocenters. The lowest BCUT2D eigenvalue weighted by atomic mass is 10.1. The summed E-state index contributed by atoms with van der Waals surface area (Å²) >= 11 is 0. The Bertz CT molecular complexity index is 623. The number of phenols is 1. The standard InChI is InChI=1S/C13H13NO3/c1-7-12(13(16)17)10-6-9(15)4-5-11(10)14(7)8-2-3-8/h4-6,8,15H,2-3H2,1H3,(H,16,17). The molecule has 0 amide bonds. The number of aromatic hydroxyl groups is 1. The van der Waals surface area contributed by atoms with E-state index < -0.39 is 5.97 Å². The molecular weight excluding hydrogens is 218 g/mol. The van der Waals surface area contributed by atoms with Crippen LogP contribution < -0.4 is 0 Å². The van der Waals surface area contributed by atoms with Crippen LogP contribution >= 0.6 is 0 Å². The minimum absolute atomic E-state index is 0.105. The largest absolute Gasteiger partial charge is 0.508 e. The van der Waals surface area contributed by atoms with Crippen molar-refractivity contribution >= 4 is 16.9 Å². The van der Waals surface area contributed by atoms with Gasteiger partial charge in [-0.3, -0.25) is 0 Å². The fraction of sp³-hybridized carbons (Fsp3) is 0.308. The topological polar surface area (TPSA) is 62.5 Å². The van der Waals surface area contributed by atoms with Gasteiger partial charge in [-0.1, -0.05) is 0 Å². The van der Waals surface area contributed by atoms with Crippen LogP contribution in [0.15, 0.2) is 18.2 Å². The monoisotopic (exact) mass is 231 g/mol. The van der Waals surface area contributed by atoms with Gasteiger partial charge in [-0.15, -0.1) is 0 Å². The summed E-state index contributed by atoms with van der Waals surface area (Å²) in [4.78, 5) is 11.3. The van der Waals surface area contributed by atoms with E-state index in [1.807, 2.05) is 6.92 Å². The van der Waals surface area contributed by atoms with Crippen molar-refractivity contribution in [1.82, 2.24) is 4.57 Å². The minimum atomic E-state index is -0.933. The minimum Gasteiger partial charge on any atom is -0.508 e. The summed E-state index contributed by atoms with van der Waals surface area (Å²) in [6, 6.07) is 5.36. The molecule has 1 aliphatic rings. The number of hydrogen-bond donors (Lipinski definition) is 2. The molecule has 0 atom stereocenters. The van der Waals surface area contributed by atoms with E-state index in [0.29, 0.717) is 17.0 Å². The second-order valence-corrected chi connectivity index (χ2v) is 4.57. The van der Waals surface area contributed by atoms with Crippen LogP contribution in [0.2, 0.25) is 0 Å². The van der Waals surface area contributed by atoms with Gasteiger partial charge in [-0.25, -0.2) is 4.79 Å². The molecule has 1 aromatic carbocycles. The Morgan fingerprint density at radius 1 is 1.41 bits per heavy atom. The van der Waals surface area contributed by atoms with Crippen LogP contribution in [-0.4, -0.2) is 20.7 Å². The first kappa shape index (κ1) is 10.2. The zero-order valence-corrected chi connectivity index (χ0v) is 9.47. The number of rotatable bonds is 2. The average molecular weight is 231 g/mol. The van der Waals surface area contributed by atoms with E-state index in [0.717, 1.165) is 24.1 Å². The molecular formula is C13H13NO3. The quantitative estimate of drug-likeness (QED) is 0.835. The van der Waals surface area contributed by atoms with Crippen LogP contribution in [0.4, 0.5) is 0 Å². The number of phenolic OH excluding ortho intramolecular Hbond substituents is 1. The van der Waals surface area contributed by atoms with E-state index >= 15 is 0 Å². The maximum Gasteiger partial charge on any atom is 0.338 e. The summed E-state index contributed by atoms with van der Waals surface area (Å²) < 4.78 is 2.08. The highest BCUT2D eigenvalue weighted by atomic mass is 16.4. The summed E-state index contributed by atoms with van der Waals surface area (Å²) in [6.07, 6.45) is 2.20. The van der Waals surface area contributed by atoms with Crippen molar-refractivity contribution in [2.24, 2.45) is 0 Å². The second-order valence-electron chi connectivity index (χ2n) is 4.57. The van der Waals surface area contributed by atoms with E-state index in [1.165, 1.54) is 6.07 Å². The van der Waals surface area contributed by atoms with Gasteiger partial charge in [0, 0.05) is 22.6 Å². The fourth-order valence-corrected chi connectivity index (χ4v) is 2.50. The van der Waals surface area contributed by atoms with Crippen molar-refractivity contribution in [3.8, 4) is 5.75 Å². The van der Waals surface area contributed by atoms with E-state index in [4.69, 9.17) is 0 Å². The molecule has 1 saturated carbocycles. The summed E-state index contributed by atoms with van der Waals surface area (Å²) in [5.41, 5.74) is 1.99. The first-order chi connectivity index (χ1) is 8.09. The molecule has 3 rings (SSSR count). The van der Waals surface area contributed by atoms with Gasteiger partial charge in [-0.05, 0) is 38.0 Å². The van der Waals surface area contributed by atoms with Gasteiger partial charge < -0.3 is 14.8 Å². The molecule has 1 aliphatic carbocycles. The van der Waals surface area contributed by atoms with E-state index in [2.05, 4.69) is 4.57 Å². The SMILES string of the molecule is Cc1c(C(=O)O)c2cc(O)ccc2n1C1CC1. The molecule has 17 heavy (non-hydrogen) atoms. The van der Waals surface area contributed by atoms with Crippen LogP contribution in [0.5, 0.6) is 5.75 Å². The van der Waals surface area contributed by atoms with Gasteiger partial charge in [0.1, 0.15) is 5.75 Å². The first-order valence-electron chi connectivity index (χ1n) is 5.66. The van der Waals surface area contributed by atoms with Crippen LogP contribution in [0.25, 0.3) is 10.9 Å². The lowest BCUT2D eigenvalue weighted by molar-refractivity contribution is 0.0698. The van der Waals surface area contributed by atoms with Crippen LogP contribution in [0.3, 0.4) is 0 Å². The summed E-state index contributed by atoms with van der Waals surface area (Å²) in [7, 11) is 0. The summed E-state index contributed by atoms with van der Waals surface area (Å²) in [5.74, 6) is -0.828. The number of aromatic nitrogens is 1. The molecule has 0 spiro atoms. The lowest BCUT2D eigenvalue weighted by Crippen LogP contribution is -2.01. The van der Waals surface area contributed by atoms with E-state index in [-0.39, 0.29) is 5.75 Å². The number of carbonyl (C=O) groups is 1. The van der Waals surface area contributed by atoms with Crippen LogP contribution in [-0.2, 0) is 0 Å². The van der Waals surface area contributed by atoms with Crippen molar-refractivity contribution in [2.45, 2.75) is 25.8 Å². The van der Waals surface area contributed by atoms with Crippen molar-refractivity contribution < 1.29 is 15.0 Å². The molecule has 2 aromatic rings. The van der Waals surface area contributed by atoms with Gasteiger partial charge in [0.2, 0.25) is 0 Å². The molecule has 1 aromatic heterocycles. The molecule has 0 radical (unpaired) electrons. The molecule has 88 valence electrons. The molecule has 4 nitrogen and oxygen atoms in total. The van der Waals surface area contributed by atoms with Crippen molar-refractivity contribution in [1.29, 1.82) is 0 Å². The van der Waals surface area contributed by atoms with Gasteiger partial charge in [0.25, 0.3) is 0 Å². The molecule has 0 aliphatic heterocycles. The fourth-order valence-electron chi connectivity index (χ4n) is 2.50. The highest BCUT2D eigenvalue weighted by molar-refractivity contribution is 6.05. The highest BCUT2D eigenvalue weighted by Gasteiger charge is 2.30. The second kappa shape index (κ2) is 3.26. The van der Waals surface area contributed by atoms with Gasteiger partial charge in [0.15, 0.2) is 0 Å². The normalized spacial score (nSPS) is 15.4. The Labute approximate surface area is 98.1 Å². The first-order valence-corrected chi connectivity index (χ1v) is 5.66.